The smallest absolute Gasteiger partial charge is 0.277 e. The number of nitriles is 1. The van der Waals surface area contributed by atoms with Gasteiger partial charge in [-0.1, -0.05) is 24.3 Å². The summed E-state index contributed by atoms with van der Waals surface area (Å²) in [7, 11) is -3.79. The minimum absolute atomic E-state index is 0. The highest BCUT2D eigenvalue weighted by Gasteiger charge is 2.38. The summed E-state index contributed by atoms with van der Waals surface area (Å²) in [6, 6.07) is 12.2. The summed E-state index contributed by atoms with van der Waals surface area (Å²) in [6.45, 7) is 0.623. The van der Waals surface area contributed by atoms with Gasteiger partial charge in [0, 0.05) is 31.0 Å². The van der Waals surface area contributed by atoms with E-state index in [9.17, 15) is 13.7 Å². The average molecular weight is 515 g/mol. The van der Waals surface area contributed by atoms with Crippen LogP contribution in [0.4, 0.5) is 0 Å². The number of fused-ring (bicyclic) bond motifs is 1. The summed E-state index contributed by atoms with van der Waals surface area (Å²) in [5.74, 6) is 0.286. The molecule has 1 aromatic carbocycles. The third kappa shape index (κ3) is 5.10. The second kappa shape index (κ2) is 10.0. The molecule has 2 fully saturated rings. The van der Waals surface area contributed by atoms with Gasteiger partial charge < -0.3 is 9.47 Å². The highest BCUT2D eigenvalue weighted by atomic mass is 32.2. The molecule has 0 unspecified atom stereocenters. The molecule has 3 heterocycles. The summed E-state index contributed by atoms with van der Waals surface area (Å²) < 4.78 is 36.1. The lowest BCUT2D eigenvalue weighted by Crippen LogP contribution is -2.49. The Kier molecular flexibility index (Phi) is 7.25. The van der Waals surface area contributed by atoms with Crippen LogP contribution in [0.5, 0.6) is 5.88 Å². The van der Waals surface area contributed by atoms with E-state index in [1.807, 2.05) is 30.3 Å². The van der Waals surface area contributed by atoms with Crippen molar-refractivity contribution in [2.45, 2.75) is 30.8 Å². The number of hydrogen-bond acceptors (Lipinski definition) is 8. The van der Waals surface area contributed by atoms with Crippen LogP contribution in [0.3, 0.4) is 0 Å². The van der Waals surface area contributed by atoms with Gasteiger partial charge in [0.2, 0.25) is 5.88 Å². The summed E-state index contributed by atoms with van der Waals surface area (Å²) in [5.41, 5.74) is 3.29. The molecule has 3 aromatic rings. The zero-order chi connectivity index (χ0) is 23.8. The molecule has 1 aliphatic heterocycles. The van der Waals surface area contributed by atoms with Gasteiger partial charge >= 0.3 is 0 Å². The van der Waals surface area contributed by atoms with Gasteiger partial charge in [-0.3, -0.25) is 4.98 Å². The van der Waals surface area contributed by atoms with E-state index in [1.165, 1.54) is 4.31 Å². The number of ether oxygens (including phenoxy) is 2. The van der Waals surface area contributed by atoms with Crippen molar-refractivity contribution in [3.63, 3.8) is 0 Å². The average Bonchev–Trinajstić information content (AvgIpc) is 2.82. The number of morpholine rings is 1. The van der Waals surface area contributed by atoms with E-state index in [0.717, 1.165) is 30.4 Å². The summed E-state index contributed by atoms with van der Waals surface area (Å²) >= 11 is 0. The second-order valence-corrected chi connectivity index (χ2v) is 10.1. The first kappa shape index (κ1) is 25.3. The molecule has 12 heteroatoms. The predicted molar refractivity (Wildman–Crippen MR) is 134 cm³/mol. The number of nitrogens with two attached hydrogens (primary N) is 1. The van der Waals surface area contributed by atoms with Crippen LogP contribution in [0.2, 0.25) is 0 Å². The Morgan fingerprint density at radius 3 is 2.63 bits per heavy atom. The van der Waals surface area contributed by atoms with Gasteiger partial charge in [0.15, 0.2) is 5.52 Å². The molecule has 1 saturated heterocycles. The van der Waals surface area contributed by atoms with Gasteiger partial charge in [0.05, 0.1) is 29.3 Å². The lowest BCUT2D eigenvalue weighted by molar-refractivity contribution is -0.0254. The van der Waals surface area contributed by atoms with Gasteiger partial charge in [-0.05, 0) is 30.9 Å². The van der Waals surface area contributed by atoms with E-state index in [1.54, 1.807) is 12.4 Å². The maximum atomic E-state index is 11.7. The van der Waals surface area contributed by atoms with Crippen molar-refractivity contribution < 1.29 is 17.9 Å². The highest BCUT2D eigenvalue weighted by molar-refractivity contribution is 7.86. The van der Waals surface area contributed by atoms with Gasteiger partial charge in [-0.25, -0.2) is 15.1 Å². The van der Waals surface area contributed by atoms with Crippen molar-refractivity contribution in [1.29, 1.82) is 5.26 Å². The molecule has 1 atom stereocenters. The third-order valence-corrected chi connectivity index (χ3v) is 7.50. The molecule has 10 nitrogen and oxygen atoms in total. The fraction of sp³-hybridized carbons (Fsp3) is 0.391. The third-order valence-electron chi connectivity index (χ3n) is 6.45. The van der Waals surface area contributed by atoms with Crippen molar-refractivity contribution in [1.82, 2.24) is 19.3 Å². The van der Waals surface area contributed by atoms with Crippen LogP contribution in [0.1, 0.15) is 24.8 Å². The van der Waals surface area contributed by atoms with Crippen molar-refractivity contribution in [3.05, 3.63) is 48.3 Å². The maximum Gasteiger partial charge on any atom is 0.277 e. The highest BCUT2D eigenvalue weighted by Crippen LogP contribution is 2.43. The maximum absolute atomic E-state index is 11.7. The summed E-state index contributed by atoms with van der Waals surface area (Å²) in [5, 5.41) is 14.9. The Bertz CT molecular complexity index is 1360. The monoisotopic (exact) mass is 514 g/mol. The molecule has 35 heavy (non-hydrogen) atoms. The van der Waals surface area contributed by atoms with Crippen molar-refractivity contribution in [2.75, 3.05) is 26.3 Å². The minimum Gasteiger partial charge on any atom is -0.473 e. The number of benzene rings is 1. The number of pyridine rings is 1. The van der Waals surface area contributed by atoms with Crippen molar-refractivity contribution in [2.24, 2.45) is 5.14 Å². The Hall–Kier alpha value is -2.82. The minimum atomic E-state index is -3.79. The van der Waals surface area contributed by atoms with Crippen LogP contribution in [0.15, 0.2) is 42.7 Å². The fourth-order valence-electron chi connectivity index (χ4n) is 4.34. The molecule has 2 aromatic heterocycles. The van der Waals surface area contributed by atoms with Gasteiger partial charge in [-0.2, -0.15) is 31.5 Å². The van der Waals surface area contributed by atoms with E-state index >= 15 is 0 Å². The number of nitrogens with zero attached hydrogens (tertiary/aromatic N) is 5. The zero-order valence-electron chi connectivity index (χ0n) is 18.9. The van der Waals surface area contributed by atoms with Gasteiger partial charge in [0.1, 0.15) is 12.7 Å². The SMILES string of the molecule is N#CC1(c2ccc(-c3cc4nccnc4c(OC[C@@H]4CN(S(N)(=O)=O)CCO4)n3)cc2)CCC1.S. The van der Waals surface area contributed by atoms with Crippen molar-refractivity contribution in [3.8, 4) is 23.2 Å². The molecule has 184 valence electrons. The molecular weight excluding hydrogens is 488 g/mol. The standard InChI is InChI=1S/C23H24N6O4S.H2S/c24-15-23(6-1-7-23)17-4-2-16(3-5-17)19-12-20-21(27-9-8-26-20)22(28-19)33-14-18-13-29(10-11-32-18)34(25,30)31;/h2-5,8-9,12,18H,1,6-7,10-11,13-14H2,(H2,25,30,31);1H2/t18-;/m0./s1. The Labute approximate surface area is 210 Å². The molecule has 5 rings (SSSR count). The van der Waals surface area contributed by atoms with E-state index < -0.39 is 16.3 Å². The molecule has 0 amide bonds. The normalized spacial score (nSPS) is 19.8. The van der Waals surface area contributed by atoms with E-state index in [4.69, 9.17) is 14.6 Å². The van der Waals surface area contributed by atoms with Crippen LogP contribution in [0, 0.1) is 11.3 Å². The number of aromatic nitrogens is 3. The van der Waals surface area contributed by atoms with E-state index in [-0.39, 0.29) is 51.1 Å². The first-order valence-electron chi connectivity index (χ1n) is 11.0. The Morgan fingerprint density at radius 2 is 1.97 bits per heavy atom. The lowest BCUT2D eigenvalue weighted by atomic mass is 9.65. The molecule has 0 spiro atoms. The lowest BCUT2D eigenvalue weighted by Gasteiger charge is -2.35. The van der Waals surface area contributed by atoms with Crippen LogP contribution in [-0.4, -0.2) is 60.1 Å². The van der Waals surface area contributed by atoms with Crippen LogP contribution >= 0.6 is 13.5 Å². The number of hydrogen-bond donors (Lipinski definition) is 1. The van der Waals surface area contributed by atoms with Gasteiger partial charge in [0.25, 0.3) is 10.2 Å². The molecule has 1 saturated carbocycles. The second-order valence-electron chi connectivity index (χ2n) is 8.57. The zero-order valence-corrected chi connectivity index (χ0v) is 20.7. The molecule has 2 N–H and O–H groups in total. The quantitative estimate of drug-likeness (QED) is 0.526. The summed E-state index contributed by atoms with van der Waals surface area (Å²) in [4.78, 5) is 13.4. The Morgan fingerprint density at radius 1 is 1.23 bits per heavy atom. The summed E-state index contributed by atoms with van der Waals surface area (Å²) in [6.07, 6.45) is 5.51. The first-order chi connectivity index (χ1) is 16.4. The molecular formula is C23H26N6O4S2. The first-order valence-corrected chi connectivity index (χ1v) is 12.5. The van der Waals surface area contributed by atoms with Gasteiger partial charge in [-0.15, -0.1) is 0 Å². The molecule has 0 radical (unpaired) electrons. The van der Waals surface area contributed by atoms with Crippen molar-refractivity contribution >= 4 is 34.7 Å². The molecule has 1 aliphatic carbocycles. The van der Waals surface area contributed by atoms with E-state index in [0.29, 0.717) is 16.7 Å². The molecule has 0 bridgehead atoms. The number of rotatable bonds is 6. The topological polar surface area (TPSA) is 144 Å². The Balaban J connectivity index is 0.00000289. The predicted octanol–water partition coefficient (Wildman–Crippen LogP) is 2.03. The largest absolute Gasteiger partial charge is 0.473 e. The fourth-order valence-corrected chi connectivity index (χ4v) is 5.05. The van der Waals surface area contributed by atoms with E-state index in [2.05, 4.69) is 21.0 Å². The van der Waals surface area contributed by atoms with Crippen LogP contribution < -0.4 is 9.88 Å². The molecule has 2 aliphatic rings. The van der Waals surface area contributed by atoms with Crippen LogP contribution in [0.25, 0.3) is 22.3 Å². The van der Waals surface area contributed by atoms with Crippen LogP contribution in [-0.2, 0) is 20.4 Å².